The van der Waals surface area contributed by atoms with E-state index < -0.39 is 5.97 Å². The maximum absolute atomic E-state index is 10.6. The Balaban J connectivity index is 2.01. The normalized spacial score (nSPS) is 49.3. The Morgan fingerprint density at radius 1 is 1.70 bits per heavy atom. The van der Waals surface area contributed by atoms with Crippen molar-refractivity contribution in [3.05, 3.63) is 0 Å². The molecule has 0 amide bonds. The number of rotatable bonds is 2. The van der Waals surface area contributed by atoms with Crippen molar-refractivity contribution in [3.8, 4) is 0 Å². The summed E-state index contributed by atoms with van der Waals surface area (Å²) in [6.45, 7) is 0. The van der Waals surface area contributed by atoms with E-state index >= 15 is 0 Å². The molecule has 0 aromatic carbocycles. The third-order valence-corrected chi connectivity index (χ3v) is 2.88. The van der Waals surface area contributed by atoms with E-state index in [0.29, 0.717) is 5.92 Å². The van der Waals surface area contributed by atoms with E-state index in [4.69, 9.17) is 9.84 Å². The monoisotopic (exact) mass is 142 g/mol. The lowest BCUT2D eigenvalue weighted by Gasteiger charge is -2.29. The third-order valence-electron chi connectivity index (χ3n) is 2.88. The molecule has 56 valence electrons. The summed E-state index contributed by atoms with van der Waals surface area (Å²) in [7, 11) is 1.65. The van der Waals surface area contributed by atoms with Gasteiger partial charge in [0.1, 0.15) is 0 Å². The predicted molar refractivity (Wildman–Crippen MR) is 33.6 cm³/mol. The average molecular weight is 142 g/mol. The van der Waals surface area contributed by atoms with E-state index in [1.165, 1.54) is 0 Å². The summed E-state index contributed by atoms with van der Waals surface area (Å²) < 4.78 is 5.05. The first kappa shape index (κ1) is 6.16. The number of methoxy groups -OCH3 is 1. The van der Waals surface area contributed by atoms with Crippen LogP contribution in [0.2, 0.25) is 0 Å². The lowest BCUT2D eigenvalue weighted by Crippen LogP contribution is -2.37. The molecule has 0 radical (unpaired) electrons. The van der Waals surface area contributed by atoms with Gasteiger partial charge < -0.3 is 9.84 Å². The first-order valence-electron chi connectivity index (χ1n) is 3.47. The van der Waals surface area contributed by atoms with Crippen molar-refractivity contribution in [2.45, 2.75) is 18.9 Å². The quantitative estimate of drug-likeness (QED) is 0.610. The number of carboxylic acids is 1. The number of carbonyl (C=O) groups is 1. The van der Waals surface area contributed by atoms with Crippen LogP contribution in [0.1, 0.15) is 12.8 Å². The van der Waals surface area contributed by atoms with Crippen LogP contribution in [0.25, 0.3) is 0 Å². The molecule has 2 rings (SSSR count). The molecular formula is C7H10O3. The second-order valence-electron chi connectivity index (χ2n) is 3.25. The highest BCUT2D eigenvalue weighted by molar-refractivity contribution is 5.80. The molecule has 0 aromatic heterocycles. The Morgan fingerprint density at radius 3 is 2.70 bits per heavy atom. The molecule has 0 aromatic rings. The molecule has 2 fully saturated rings. The molecule has 2 saturated carbocycles. The molecule has 3 nitrogen and oxygen atoms in total. The minimum Gasteiger partial charge on any atom is -0.481 e. The largest absolute Gasteiger partial charge is 0.481 e. The lowest BCUT2D eigenvalue weighted by atomic mass is 9.82. The minimum atomic E-state index is -0.634. The molecule has 0 saturated heterocycles. The van der Waals surface area contributed by atoms with E-state index in [9.17, 15) is 4.79 Å². The van der Waals surface area contributed by atoms with E-state index in [1.54, 1.807) is 7.11 Å². The lowest BCUT2D eigenvalue weighted by molar-refractivity contribution is -0.151. The van der Waals surface area contributed by atoms with Crippen LogP contribution in [0, 0.1) is 11.3 Å². The first-order chi connectivity index (χ1) is 4.70. The van der Waals surface area contributed by atoms with E-state index in [1.807, 2.05) is 0 Å². The van der Waals surface area contributed by atoms with Crippen LogP contribution >= 0.6 is 0 Å². The SMILES string of the molecule is CO[C@@H]1C[C@]2(C(=O)O)C[C@H]12. The van der Waals surface area contributed by atoms with Gasteiger partial charge in [-0.1, -0.05) is 0 Å². The van der Waals surface area contributed by atoms with Crippen LogP contribution in [0.15, 0.2) is 0 Å². The topological polar surface area (TPSA) is 46.5 Å². The zero-order valence-corrected chi connectivity index (χ0v) is 5.83. The zero-order chi connectivity index (χ0) is 7.35. The first-order valence-corrected chi connectivity index (χ1v) is 3.47. The van der Waals surface area contributed by atoms with E-state index in [2.05, 4.69) is 0 Å². The Morgan fingerprint density at radius 2 is 2.40 bits per heavy atom. The summed E-state index contributed by atoms with van der Waals surface area (Å²) in [4.78, 5) is 10.6. The number of carboxylic acid groups (broad SMARTS) is 1. The van der Waals surface area contributed by atoms with Crippen LogP contribution in [0.4, 0.5) is 0 Å². The van der Waals surface area contributed by atoms with Gasteiger partial charge in [0.15, 0.2) is 0 Å². The van der Waals surface area contributed by atoms with Gasteiger partial charge >= 0.3 is 5.97 Å². The third kappa shape index (κ3) is 0.475. The van der Waals surface area contributed by atoms with Crippen molar-refractivity contribution >= 4 is 5.97 Å². The predicted octanol–water partition coefficient (Wildman–Crippen LogP) is 0.496. The summed E-state index contributed by atoms with van der Waals surface area (Å²) in [5.74, 6) is -0.305. The van der Waals surface area contributed by atoms with E-state index in [-0.39, 0.29) is 11.5 Å². The number of hydrogen-bond donors (Lipinski definition) is 1. The van der Waals surface area contributed by atoms with Crippen LogP contribution in [0.5, 0.6) is 0 Å². The van der Waals surface area contributed by atoms with Gasteiger partial charge in [0.25, 0.3) is 0 Å². The number of ether oxygens (including phenoxy) is 1. The second kappa shape index (κ2) is 1.53. The molecule has 2 aliphatic carbocycles. The fourth-order valence-corrected chi connectivity index (χ4v) is 1.98. The number of aliphatic carboxylic acids is 1. The molecular weight excluding hydrogens is 132 g/mol. The summed E-state index contributed by atoms with van der Waals surface area (Å²) in [6, 6.07) is 0. The fourth-order valence-electron chi connectivity index (χ4n) is 1.98. The summed E-state index contributed by atoms with van der Waals surface area (Å²) >= 11 is 0. The van der Waals surface area contributed by atoms with Gasteiger partial charge in [-0.2, -0.15) is 0 Å². The molecule has 3 atom stereocenters. The van der Waals surface area contributed by atoms with Gasteiger partial charge in [0.2, 0.25) is 0 Å². The van der Waals surface area contributed by atoms with Crippen molar-refractivity contribution in [3.63, 3.8) is 0 Å². The molecule has 0 unspecified atom stereocenters. The smallest absolute Gasteiger partial charge is 0.310 e. The molecule has 2 aliphatic rings. The molecule has 0 aliphatic heterocycles. The van der Waals surface area contributed by atoms with Crippen molar-refractivity contribution < 1.29 is 14.6 Å². The zero-order valence-electron chi connectivity index (χ0n) is 5.83. The fraction of sp³-hybridized carbons (Fsp3) is 0.857. The van der Waals surface area contributed by atoms with Crippen molar-refractivity contribution in [2.75, 3.05) is 7.11 Å². The van der Waals surface area contributed by atoms with Gasteiger partial charge in [-0.15, -0.1) is 0 Å². The number of hydrogen-bond acceptors (Lipinski definition) is 2. The Bertz CT molecular complexity index is 189. The van der Waals surface area contributed by atoms with Gasteiger partial charge in [-0.25, -0.2) is 0 Å². The van der Waals surface area contributed by atoms with Gasteiger partial charge in [-0.05, 0) is 12.8 Å². The van der Waals surface area contributed by atoms with Crippen LogP contribution in [-0.2, 0) is 9.53 Å². The maximum atomic E-state index is 10.6. The highest BCUT2D eigenvalue weighted by Crippen LogP contribution is 2.68. The van der Waals surface area contributed by atoms with Gasteiger partial charge in [0, 0.05) is 13.0 Å². The molecule has 10 heavy (non-hydrogen) atoms. The maximum Gasteiger partial charge on any atom is 0.310 e. The minimum absolute atomic E-state index is 0.232. The number of fused-ring (bicyclic) bond motifs is 1. The van der Waals surface area contributed by atoms with Crippen molar-refractivity contribution in [1.29, 1.82) is 0 Å². The molecule has 1 N–H and O–H groups in total. The van der Waals surface area contributed by atoms with Crippen LogP contribution < -0.4 is 0 Å². The Hall–Kier alpha value is -0.570. The Labute approximate surface area is 59.0 Å². The van der Waals surface area contributed by atoms with Crippen LogP contribution in [-0.4, -0.2) is 24.3 Å². The highest BCUT2D eigenvalue weighted by atomic mass is 16.5. The molecule has 0 bridgehead atoms. The molecule has 0 heterocycles. The standard InChI is InChI=1S/C7H10O3/c1-10-5-3-7(6(8)9)2-4(5)7/h4-5H,2-3H2,1H3,(H,8,9)/t4-,5-,7-/m1/s1. The average Bonchev–Trinajstić information content (AvgIpc) is 2.40. The highest BCUT2D eigenvalue weighted by Gasteiger charge is 2.72. The van der Waals surface area contributed by atoms with Crippen molar-refractivity contribution in [2.24, 2.45) is 11.3 Å². The summed E-state index contributed by atoms with van der Waals surface area (Å²) in [5, 5.41) is 8.69. The summed E-state index contributed by atoms with van der Waals surface area (Å²) in [6.07, 6.45) is 1.79. The Kier molecular flexibility index (Phi) is 0.944. The van der Waals surface area contributed by atoms with E-state index in [0.717, 1.165) is 12.8 Å². The van der Waals surface area contributed by atoms with Gasteiger partial charge in [-0.3, -0.25) is 4.79 Å². The molecule has 3 heteroatoms. The molecule has 0 spiro atoms. The summed E-state index contributed by atoms with van der Waals surface area (Å²) in [5.41, 5.74) is -0.347. The second-order valence-corrected chi connectivity index (χ2v) is 3.25. The van der Waals surface area contributed by atoms with Crippen molar-refractivity contribution in [1.82, 2.24) is 0 Å². The van der Waals surface area contributed by atoms with Gasteiger partial charge in [0.05, 0.1) is 11.5 Å². The van der Waals surface area contributed by atoms with Crippen LogP contribution in [0.3, 0.4) is 0 Å².